The molecule has 0 aliphatic heterocycles. The van der Waals surface area contributed by atoms with Crippen LogP contribution < -0.4 is 16.4 Å². The van der Waals surface area contributed by atoms with Gasteiger partial charge in [-0.2, -0.15) is 0 Å². The van der Waals surface area contributed by atoms with Gasteiger partial charge in [0.1, 0.15) is 11.3 Å². The lowest BCUT2D eigenvalue weighted by molar-refractivity contribution is -0.136. The second-order valence-corrected chi connectivity index (χ2v) is 5.73. The van der Waals surface area contributed by atoms with Crippen LogP contribution in [0.15, 0.2) is 59.0 Å². The summed E-state index contributed by atoms with van der Waals surface area (Å²) in [6.45, 7) is 1.77. The molecule has 1 atom stereocenters. The van der Waals surface area contributed by atoms with Crippen molar-refractivity contribution in [3.8, 4) is 0 Å². The molecule has 7 nitrogen and oxygen atoms in total. The Labute approximate surface area is 149 Å². The predicted molar refractivity (Wildman–Crippen MR) is 96.4 cm³/mol. The fourth-order valence-corrected chi connectivity index (χ4v) is 2.60. The van der Waals surface area contributed by atoms with E-state index in [4.69, 9.17) is 10.2 Å². The van der Waals surface area contributed by atoms with E-state index >= 15 is 0 Å². The minimum absolute atomic E-state index is 0.0839. The van der Waals surface area contributed by atoms with Gasteiger partial charge in [-0.1, -0.05) is 42.5 Å². The summed E-state index contributed by atoms with van der Waals surface area (Å²) in [5, 5.41) is 5.52. The van der Waals surface area contributed by atoms with Gasteiger partial charge in [0.25, 0.3) is 5.91 Å². The van der Waals surface area contributed by atoms with Crippen molar-refractivity contribution < 1.29 is 18.8 Å². The third kappa shape index (κ3) is 3.41. The number of primary amides is 1. The molecule has 0 aliphatic rings. The van der Waals surface area contributed by atoms with Crippen molar-refractivity contribution in [3.63, 3.8) is 0 Å². The highest BCUT2D eigenvalue weighted by atomic mass is 16.3. The van der Waals surface area contributed by atoms with Crippen LogP contribution in [0.5, 0.6) is 0 Å². The quantitative estimate of drug-likeness (QED) is 0.626. The van der Waals surface area contributed by atoms with E-state index in [1.54, 1.807) is 31.2 Å². The average molecular weight is 351 g/mol. The monoisotopic (exact) mass is 351 g/mol. The van der Waals surface area contributed by atoms with Gasteiger partial charge in [0.05, 0.1) is 6.04 Å². The molecular weight excluding hydrogens is 334 g/mol. The molecule has 3 rings (SSSR count). The van der Waals surface area contributed by atoms with Crippen LogP contribution >= 0.6 is 0 Å². The van der Waals surface area contributed by atoms with E-state index in [0.717, 1.165) is 5.56 Å². The number of nitrogens with one attached hydrogen (secondary N) is 2. The van der Waals surface area contributed by atoms with E-state index in [1.807, 2.05) is 30.3 Å². The minimum atomic E-state index is -0.915. The molecule has 0 unspecified atom stereocenters. The van der Waals surface area contributed by atoms with Crippen molar-refractivity contribution >= 4 is 34.4 Å². The molecule has 26 heavy (non-hydrogen) atoms. The van der Waals surface area contributed by atoms with Crippen LogP contribution in [0.2, 0.25) is 0 Å². The number of nitrogens with two attached hydrogens (primary N) is 1. The van der Waals surface area contributed by atoms with Crippen molar-refractivity contribution in [3.05, 3.63) is 65.9 Å². The number of benzene rings is 2. The molecule has 7 heteroatoms. The van der Waals surface area contributed by atoms with Gasteiger partial charge < -0.3 is 20.8 Å². The first-order valence-corrected chi connectivity index (χ1v) is 7.95. The normalized spacial score (nSPS) is 11.7. The number of amides is 3. The summed E-state index contributed by atoms with van der Waals surface area (Å²) in [7, 11) is 0. The Balaban J connectivity index is 1.79. The summed E-state index contributed by atoms with van der Waals surface area (Å²) in [4.78, 5) is 36.1. The predicted octanol–water partition coefficient (Wildman–Crippen LogP) is 2.35. The summed E-state index contributed by atoms with van der Waals surface area (Å²) >= 11 is 0. The van der Waals surface area contributed by atoms with Gasteiger partial charge in [0.2, 0.25) is 5.76 Å². The van der Waals surface area contributed by atoms with Gasteiger partial charge >= 0.3 is 11.8 Å². The molecular formula is C19H17N3O4. The molecule has 3 aromatic rings. The number of furan rings is 1. The van der Waals surface area contributed by atoms with E-state index in [9.17, 15) is 14.4 Å². The number of carbonyl (C=O) groups excluding carboxylic acids is 3. The number of carbonyl (C=O) groups is 3. The van der Waals surface area contributed by atoms with Crippen molar-refractivity contribution in [2.75, 3.05) is 5.32 Å². The lowest BCUT2D eigenvalue weighted by Crippen LogP contribution is -2.37. The Morgan fingerprint density at radius 2 is 1.62 bits per heavy atom. The van der Waals surface area contributed by atoms with Gasteiger partial charge in [-0.05, 0) is 24.6 Å². The second kappa shape index (κ2) is 7.10. The van der Waals surface area contributed by atoms with Gasteiger partial charge in [-0.25, -0.2) is 0 Å². The molecule has 4 N–H and O–H groups in total. The first-order valence-electron chi connectivity index (χ1n) is 7.95. The summed E-state index contributed by atoms with van der Waals surface area (Å²) in [5.74, 6) is -2.79. The number of rotatable bonds is 4. The Morgan fingerprint density at radius 3 is 2.31 bits per heavy atom. The van der Waals surface area contributed by atoms with Crippen LogP contribution in [-0.2, 0) is 9.59 Å². The average Bonchev–Trinajstić information content (AvgIpc) is 3.01. The highest BCUT2D eigenvalue weighted by Crippen LogP contribution is 2.30. The van der Waals surface area contributed by atoms with E-state index in [-0.39, 0.29) is 17.5 Å². The summed E-state index contributed by atoms with van der Waals surface area (Å²) in [5.41, 5.74) is 6.63. The topological polar surface area (TPSA) is 114 Å². The molecule has 0 aliphatic carbocycles. The Hall–Kier alpha value is -3.61. The zero-order chi connectivity index (χ0) is 18.7. The molecule has 1 aromatic heterocycles. The maximum absolute atomic E-state index is 12.3. The summed E-state index contributed by atoms with van der Waals surface area (Å²) in [6, 6.07) is 15.6. The molecule has 0 fully saturated rings. The van der Waals surface area contributed by atoms with Gasteiger partial charge in [0, 0.05) is 5.39 Å². The van der Waals surface area contributed by atoms with Gasteiger partial charge in [-0.3, -0.25) is 14.4 Å². The first-order chi connectivity index (χ1) is 12.5. The standard InChI is InChI=1S/C19H17N3O4/c1-11(12-7-3-2-4-8-12)21-18(24)19(25)22-15-13-9-5-6-10-14(13)26-16(15)17(20)23/h2-11H,1H3,(H2,20,23)(H,21,24)(H,22,25)/t11-/m0/s1. The highest BCUT2D eigenvalue weighted by molar-refractivity contribution is 6.40. The van der Waals surface area contributed by atoms with Crippen LogP contribution in [0.3, 0.4) is 0 Å². The van der Waals surface area contributed by atoms with E-state index in [0.29, 0.717) is 11.0 Å². The van der Waals surface area contributed by atoms with Crippen LogP contribution in [0.1, 0.15) is 29.1 Å². The number of fused-ring (bicyclic) bond motifs is 1. The molecule has 0 saturated heterocycles. The van der Waals surface area contributed by atoms with E-state index in [2.05, 4.69) is 10.6 Å². The maximum atomic E-state index is 12.3. The smallest absolute Gasteiger partial charge is 0.313 e. The SMILES string of the molecule is C[C@H](NC(=O)C(=O)Nc1c(C(N)=O)oc2ccccc12)c1ccccc1. The molecule has 2 aromatic carbocycles. The van der Waals surface area contributed by atoms with E-state index in [1.165, 1.54) is 0 Å². The molecule has 132 valence electrons. The number of para-hydroxylation sites is 1. The Bertz CT molecular complexity index is 979. The molecule has 0 saturated carbocycles. The molecule has 1 heterocycles. The fraction of sp³-hybridized carbons (Fsp3) is 0.105. The zero-order valence-electron chi connectivity index (χ0n) is 14.0. The largest absolute Gasteiger partial charge is 0.449 e. The lowest BCUT2D eigenvalue weighted by atomic mass is 10.1. The lowest BCUT2D eigenvalue weighted by Gasteiger charge is -2.14. The molecule has 0 spiro atoms. The third-order valence-corrected chi connectivity index (χ3v) is 3.91. The Morgan fingerprint density at radius 1 is 0.962 bits per heavy atom. The maximum Gasteiger partial charge on any atom is 0.313 e. The molecule has 0 radical (unpaired) electrons. The second-order valence-electron chi connectivity index (χ2n) is 5.73. The molecule has 0 bridgehead atoms. The van der Waals surface area contributed by atoms with Crippen LogP contribution in [0, 0.1) is 0 Å². The summed E-state index contributed by atoms with van der Waals surface area (Å²) in [6.07, 6.45) is 0. The van der Waals surface area contributed by atoms with Crippen LogP contribution in [0.4, 0.5) is 5.69 Å². The van der Waals surface area contributed by atoms with Crippen molar-refractivity contribution in [2.24, 2.45) is 5.73 Å². The minimum Gasteiger partial charge on any atom is -0.449 e. The van der Waals surface area contributed by atoms with E-state index < -0.39 is 17.7 Å². The van der Waals surface area contributed by atoms with Crippen molar-refractivity contribution in [2.45, 2.75) is 13.0 Å². The van der Waals surface area contributed by atoms with Crippen molar-refractivity contribution in [1.29, 1.82) is 0 Å². The molecule has 3 amide bonds. The zero-order valence-corrected chi connectivity index (χ0v) is 14.0. The van der Waals surface area contributed by atoms with Gasteiger partial charge in [-0.15, -0.1) is 0 Å². The summed E-state index contributed by atoms with van der Waals surface area (Å²) < 4.78 is 5.37. The third-order valence-electron chi connectivity index (χ3n) is 3.91. The number of hydrogen-bond donors (Lipinski definition) is 3. The van der Waals surface area contributed by atoms with Crippen molar-refractivity contribution in [1.82, 2.24) is 5.32 Å². The Kier molecular flexibility index (Phi) is 4.70. The fourth-order valence-electron chi connectivity index (χ4n) is 2.60. The van der Waals surface area contributed by atoms with Crippen LogP contribution in [0.25, 0.3) is 11.0 Å². The first kappa shape index (κ1) is 17.2. The van der Waals surface area contributed by atoms with Crippen LogP contribution in [-0.4, -0.2) is 17.7 Å². The number of hydrogen-bond acceptors (Lipinski definition) is 4. The van der Waals surface area contributed by atoms with Gasteiger partial charge in [0.15, 0.2) is 0 Å². The highest BCUT2D eigenvalue weighted by Gasteiger charge is 2.24. The number of anilines is 1.